The molecule has 0 atom stereocenters. The van der Waals surface area contributed by atoms with E-state index >= 15 is 0 Å². The number of hydrogen-bond acceptors (Lipinski definition) is 1. The Morgan fingerprint density at radius 2 is 2.25 bits per heavy atom. The van der Waals surface area contributed by atoms with Crippen LogP contribution in [0.15, 0.2) is 0 Å². The molecule has 18 valence electrons. The highest BCUT2D eigenvalue weighted by Crippen LogP contribution is 1.23. The van der Waals surface area contributed by atoms with Crippen LogP contribution in [-0.4, -0.2) is 6.21 Å². The van der Waals surface area contributed by atoms with Gasteiger partial charge >= 0.3 is 0 Å². The third-order valence-corrected chi connectivity index (χ3v) is 0.0625. The van der Waals surface area contributed by atoms with Crippen LogP contribution in [0.25, 0.3) is 0 Å². The second kappa shape index (κ2) is 2.14. The summed E-state index contributed by atoms with van der Waals surface area (Å²) < 4.78 is 0. The summed E-state index contributed by atoms with van der Waals surface area (Å²) in [5.74, 6) is 1.60. The van der Waals surface area contributed by atoms with E-state index in [9.17, 15) is 0 Å². The van der Waals surface area contributed by atoms with Gasteiger partial charge in [0.05, 0.1) is 0 Å². The lowest BCUT2D eigenvalue weighted by Gasteiger charge is -1.33. The molecular formula is C3HN. The summed E-state index contributed by atoms with van der Waals surface area (Å²) in [4.78, 5) is 0. The van der Waals surface area contributed by atoms with E-state index < -0.39 is 0 Å². The molecule has 1 N–H and O–H groups in total. The minimum Gasteiger partial charge on any atom is -0.251 e. The zero-order valence-electron chi connectivity index (χ0n) is 2.00. The van der Waals surface area contributed by atoms with E-state index in [4.69, 9.17) is 11.8 Å². The van der Waals surface area contributed by atoms with Crippen molar-refractivity contribution in [1.82, 2.24) is 0 Å². The van der Waals surface area contributed by atoms with Crippen molar-refractivity contribution < 1.29 is 0 Å². The molecule has 0 fully saturated rings. The van der Waals surface area contributed by atoms with Crippen LogP contribution in [0.1, 0.15) is 0 Å². The normalized spacial score (nSPS) is 2.75. The molecular weight excluding hydrogens is 50.0 g/mol. The second-order valence-electron chi connectivity index (χ2n) is 0.250. The Morgan fingerprint density at radius 3 is 2.25 bits per heavy atom. The monoisotopic (exact) mass is 51.0 g/mol. The lowest BCUT2D eigenvalue weighted by molar-refractivity contribution is 1.59. The molecule has 0 aliphatic carbocycles. The van der Waals surface area contributed by atoms with Gasteiger partial charge in [-0.05, 0) is 0 Å². The third kappa shape index (κ3) is 1.14. The van der Waals surface area contributed by atoms with Crippen LogP contribution in [0.5, 0.6) is 0 Å². The van der Waals surface area contributed by atoms with Gasteiger partial charge in [-0.15, -0.1) is 0 Å². The third-order valence-electron chi connectivity index (χ3n) is 0.0625. The molecule has 4 heavy (non-hydrogen) atoms. The molecule has 0 aliphatic rings. The Balaban J connectivity index is 2.92. The fourth-order valence-electron chi connectivity index (χ4n) is 0. The molecule has 1 heteroatoms. The molecule has 0 saturated carbocycles. The number of hydrogen-bond donors (Lipinski definition) is 1. The first-order valence-electron chi connectivity index (χ1n) is 0.750. The minimum absolute atomic E-state index is 1.60. The predicted octanol–water partition coefficient (Wildman–Crippen LogP) is 0.103. The van der Waals surface area contributed by atoms with E-state index in [1.807, 2.05) is 0 Å². The van der Waals surface area contributed by atoms with Crippen molar-refractivity contribution in [3.63, 3.8) is 0 Å². The standard InChI is InChI=1S/C3HN/c1-2-3-4/h4H. The molecule has 1 nitrogen and oxygen atoms in total. The van der Waals surface area contributed by atoms with Gasteiger partial charge in [-0.1, -0.05) is 0 Å². The van der Waals surface area contributed by atoms with Crippen molar-refractivity contribution in [3.8, 4) is 5.92 Å². The molecule has 0 aliphatic heterocycles. The van der Waals surface area contributed by atoms with Gasteiger partial charge in [0, 0.05) is 18.6 Å². The van der Waals surface area contributed by atoms with Crippen LogP contribution in [0.4, 0.5) is 0 Å². The molecule has 0 aromatic heterocycles. The Morgan fingerprint density at radius 1 is 2.00 bits per heavy atom. The van der Waals surface area contributed by atoms with Crippen LogP contribution in [0.2, 0.25) is 0 Å². The maximum absolute atomic E-state index is 5.90. The van der Waals surface area contributed by atoms with E-state index in [2.05, 4.69) is 0 Å². The van der Waals surface area contributed by atoms with E-state index in [-0.39, 0.29) is 0 Å². The molecule has 0 radical (unpaired) electrons. The minimum atomic E-state index is 1.60. The molecule has 0 aromatic carbocycles. The first kappa shape index (κ1) is 3.14. The largest absolute Gasteiger partial charge is 0.251 e. The molecule has 0 saturated heterocycles. The lowest BCUT2D eigenvalue weighted by atomic mass is 10.8. The van der Waals surface area contributed by atoms with Gasteiger partial charge < -0.3 is 0 Å². The predicted molar refractivity (Wildman–Crippen MR) is 14.9 cm³/mol. The molecule has 0 rings (SSSR count). The average molecular weight is 51.0 g/mol. The SMILES string of the molecule is [C-]#C[C+]=N. The van der Waals surface area contributed by atoms with Crippen molar-refractivity contribution in [2.45, 2.75) is 0 Å². The summed E-state index contributed by atoms with van der Waals surface area (Å²) in [5.41, 5.74) is 0. The van der Waals surface area contributed by atoms with Gasteiger partial charge in [0.1, 0.15) is 0 Å². The highest BCUT2D eigenvalue weighted by molar-refractivity contribution is 5.72. The summed E-state index contributed by atoms with van der Waals surface area (Å²) >= 11 is 0. The Hall–Kier alpha value is -0.860. The lowest BCUT2D eigenvalue weighted by Crippen LogP contribution is -1.43. The van der Waals surface area contributed by atoms with E-state index in [0.29, 0.717) is 0 Å². The van der Waals surface area contributed by atoms with Crippen molar-refractivity contribution in [2.75, 3.05) is 0 Å². The highest BCUT2D eigenvalue weighted by Gasteiger charge is 1.31. The smallest absolute Gasteiger partial charge is 0.0399 e. The van der Waals surface area contributed by atoms with Crippen LogP contribution in [-0.2, 0) is 0 Å². The summed E-state index contributed by atoms with van der Waals surface area (Å²) in [7, 11) is 0. The number of rotatable bonds is 0. The van der Waals surface area contributed by atoms with E-state index in [1.54, 1.807) is 12.1 Å². The molecule has 0 unspecified atom stereocenters. The average Bonchev–Trinajstić information content (AvgIpc) is 1.37. The first-order chi connectivity index (χ1) is 1.91. The van der Waals surface area contributed by atoms with Gasteiger partial charge in [-0.3, -0.25) is 5.41 Å². The van der Waals surface area contributed by atoms with Gasteiger partial charge in [0.2, 0.25) is 0 Å². The maximum atomic E-state index is 5.90. The van der Waals surface area contributed by atoms with Crippen LogP contribution in [0.3, 0.4) is 0 Å². The summed E-state index contributed by atoms with van der Waals surface area (Å²) in [6.45, 7) is 0. The molecule has 0 heterocycles. The Labute approximate surface area is 25.2 Å². The number of nitrogens with one attached hydrogen (secondary N) is 1. The van der Waals surface area contributed by atoms with Crippen molar-refractivity contribution in [1.29, 1.82) is 5.41 Å². The molecule has 0 aromatic rings. The zero-order valence-corrected chi connectivity index (χ0v) is 2.00. The zero-order chi connectivity index (χ0) is 3.41. The van der Waals surface area contributed by atoms with Crippen molar-refractivity contribution in [2.24, 2.45) is 0 Å². The van der Waals surface area contributed by atoms with Gasteiger partial charge in [-0.25, -0.2) is 0 Å². The summed E-state index contributed by atoms with van der Waals surface area (Å²) in [5, 5.41) is 5.90. The van der Waals surface area contributed by atoms with Gasteiger partial charge in [0.15, 0.2) is 0 Å². The van der Waals surface area contributed by atoms with Crippen LogP contribution in [0, 0.1) is 17.8 Å². The fraction of sp³-hybridized carbons (Fsp3) is 0. The van der Waals surface area contributed by atoms with Crippen LogP contribution >= 0.6 is 0 Å². The fourth-order valence-corrected chi connectivity index (χ4v) is 0. The molecule has 0 amide bonds. The van der Waals surface area contributed by atoms with Gasteiger partial charge in [-0.2, -0.15) is 0 Å². The van der Waals surface area contributed by atoms with E-state index in [1.165, 1.54) is 0 Å². The first-order valence-corrected chi connectivity index (χ1v) is 0.750. The van der Waals surface area contributed by atoms with E-state index in [0.717, 1.165) is 0 Å². The van der Waals surface area contributed by atoms with Crippen molar-refractivity contribution >= 4 is 6.21 Å². The van der Waals surface area contributed by atoms with Gasteiger partial charge in [0.25, 0.3) is 0 Å². The van der Waals surface area contributed by atoms with Crippen LogP contribution < -0.4 is 0 Å². The summed E-state index contributed by atoms with van der Waals surface area (Å²) in [6.07, 6.45) is 7.50. The maximum Gasteiger partial charge on any atom is 0.0399 e. The Bertz CT molecular complexity index is 48.8. The second-order valence-corrected chi connectivity index (χ2v) is 0.250. The molecule has 0 spiro atoms. The quantitative estimate of drug-likeness (QED) is 0.229. The topological polar surface area (TPSA) is 23.9 Å². The van der Waals surface area contributed by atoms with Crippen molar-refractivity contribution in [3.05, 3.63) is 6.42 Å². The summed E-state index contributed by atoms with van der Waals surface area (Å²) in [6, 6.07) is 0. The highest BCUT2D eigenvalue weighted by atomic mass is 14.3. The molecule has 0 bridgehead atoms. The Kier molecular flexibility index (Phi) is 1.68.